The molecule has 2 amide bonds. The first-order valence-corrected chi connectivity index (χ1v) is 17.9. The average molecular weight is 837 g/mol. The van der Waals surface area contributed by atoms with Gasteiger partial charge in [0.05, 0.1) is 21.3 Å². The van der Waals surface area contributed by atoms with Gasteiger partial charge in [-0.2, -0.15) is 0 Å². The molecule has 51 heavy (non-hydrogen) atoms. The molecule has 6 rings (SSSR count). The van der Waals surface area contributed by atoms with Gasteiger partial charge in [0.15, 0.2) is 18.5 Å². The maximum absolute atomic E-state index is 12.3. The van der Waals surface area contributed by atoms with Gasteiger partial charge in [0.25, 0.3) is 0 Å². The Morgan fingerprint density at radius 1 is 0.784 bits per heavy atom. The molecule has 0 saturated carbocycles. The van der Waals surface area contributed by atoms with Crippen LogP contribution in [0.25, 0.3) is 0 Å². The van der Waals surface area contributed by atoms with Crippen LogP contribution in [0.1, 0.15) is 75.3 Å². The van der Waals surface area contributed by atoms with E-state index in [4.69, 9.17) is 23.7 Å². The molecule has 0 radical (unpaired) electrons. The van der Waals surface area contributed by atoms with Crippen molar-refractivity contribution in [2.45, 2.75) is 91.9 Å². The zero-order valence-electron chi connectivity index (χ0n) is 29.6. The van der Waals surface area contributed by atoms with Gasteiger partial charge in [-0.3, -0.25) is 0 Å². The number of carbonyl (C=O) groups excluding carboxylic acids is 2. The van der Waals surface area contributed by atoms with Gasteiger partial charge >= 0.3 is 12.2 Å². The van der Waals surface area contributed by atoms with Gasteiger partial charge in [0.1, 0.15) is 41.7 Å². The summed E-state index contributed by atoms with van der Waals surface area (Å²) < 4.78 is 28.1. The second-order valence-electron chi connectivity index (χ2n) is 13.7. The highest BCUT2D eigenvalue weighted by Crippen LogP contribution is 2.36. The molecular formula is C36H44Br2N4O9. The van der Waals surface area contributed by atoms with E-state index >= 15 is 0 Å². The molecule has 0 aliphatic carbocycles. The number of aromatic hydroxyl groups is 1. The number of hydrogen-bond donors (Lipinski definition) is 2. The number of benzene rings is 2. The van der Waals surface area contributed by atoms with E-state index in [1.165, 1.54) is 19.0 Å². The van der Waals surface area contributed by atoms with Crippen molar-refractivity contribution in [3.05, 3.63) is 92.2 Å². The van der Waals surface area contributed by atoms with Crippen LogP contribution in [0.4, 0.5) is 9.59 Å². The van der Waals surface area contributed by atoms with Gasteiger partial charge in [-0.15, -0.1) is 0 Å². The number of phenols is 1. The number of nitrogens with zero attached hydrogens (tertiary/aromatic N) is 4. The van der Waals surface area contributed by atoms with Crippen LogP contribution in [0, 0.1) is 0 Å². The van der Waals surface area contributed by atoms with E-state index < -0.39 is 11.2 Å². The summed E-state index contributed by atoms with van der Waals surface area (Å²) in [6, 6.07) is 7.39. The minimum Gasteiger partial charge on any atom is -0.507 e. The normalized spacial score (nSPS) is 13.8. The third-order valence-corrected chi connectivity index (χ3v) is 9.16. The molecule has 0 spiro atoms. The third kappa shape index (κ3) is 11.7. The van der Waals surface area contributed by atoms with E-state index in [0.717, 1.165) is 43.4 Å². The highest BCUT2D eigenvalue weighted by molar-refractivity contribution is 9.11. The number of ether oxygens (including phenoxy) is 3. The Morgan fingerprint density at radius 2 is 1.27 bits per heavy atom. The second-order valence-corrected chi connectivity index (χ2v) is 15.3. The van der Waals surface area contributed by atoms with Crippen LogP contribution in [0.2, 0.25) is 0 Å². The van der Waals surface area contributed by atoms with Gasteiger partial charge in [0.2, 0.25) is 0 Å². The Bertz CT molecular complexity index is 1750. The van der Waals surface area contributed by atoms with Gasteiger partial charge in [0, 0.05) is 26.2 Å². The van der Waals surface area contributed by atoms with E-state index in [-0.39, 0.29) is 24.5 Å². The summed E-state index contributed by atoms with van der Waals surface area (Å²) in [5.74, 6) is 2.16. The number of aliphatic hydroxyl groups excluding tert-OH is 1. The van der Waals surface area contributed by atoms with E-state index in [2.05, 4.69) is 46.2 Å². The standard InChI is InChI=1S/C18H21BrN2O4.C14H18BrNO3.C4H5NO2/c1-18(2,3)25-17(22)21-7-6-14-12(9-21)4-5-15(16(14)19)23-10-13-8-20-11-24-13;1-14(2,3)19-13(18)16-7-6-10-9(8-16)4-5-11(17)12(10)15;6-2-4-1-5-3-7-4/h4-5,8,11H,6-7,9-10H2,1-3H3;4-5,17H,6-8H2,1-3H3;1,3,6H,2H2. The predicted molar refractivity (Wildman–Crippen MR) is 194 cm³/mol. The largest absolute Gasteiger partial charge is 0.507 e. The van der Waals surface area contributed by atoms with Crippen molar-refractivity contribution < 1.29 is 42.8 Å². The fraction of sp³-hybridized carbons (Fsp3) is 0.444. The average Bonchev–Trinajstić information content (AvgIpc) is 3.80. The van der Waals surface area contributed by atoms with Crippen molar-refractivity contribution >= 4 is 44.0 Å². The fourth-order valence-corrected chi connectivity index (χ4v) is 6.33. The molecule has 2 aromatic heterocycles. The van der Waals surface area contributed by atoms with E-state index in [1.54, 1.807) is 22.1 Å². The van der Waals surface area contributed by atoms with Crippen molar-refractivity contribution in [3.63, 3.8) is 0 Å². The summed E-state index contributed by atoms with van der Waals surface area (Å²) in [7, 11) is 0. The Kier molecular flexibility index (Phi) is 13.6. The lowest BCUT2D eigenvalue weighted by Gasteiger charge is -2.32. The van der Waals surface area contributed by atoms with Crippen molar-refractivity contribution in [1.82, 2.24) is 19.8 Å². The lowest BCUT2D eigenvalue weighted by atomic mass is 9.99. The lowest BCUT2D eigenvalue weighted by Crippen LogP contribution is -2.40. The second kappa shape index (κ2) is 17.4. The predicted octanol–water partition coefficient (Wildman–Crippen LogP) is 7.92. The number of halogens is 2. The maximum atomic E-state index is 12.3. The zero-order valence-corrected chi connectivity index (χ0v) is 32.7. The summed E-state index contributed by atoms with van der Waals surface area (Å²) in [5.41, 5.74) is 3.40. The van der Waals surface area contributed by atoms with Gasteiger partial charge < -0.3 is 43.1 Å². The quantitative estimate of drug-likeness (QED) is 0.206. The van der Waals surface area contributed by atoms with E-state index in [0.29, 0.717) is 50.7 Å². The molecule has 4 heterocycles. The number of phenolic OH excluding ortho intramolecular Hbond substituents is 1. The molecule has 0 saturated heterocycles. The zero-order chi connectivity index (χ0) is 37.3. The number of aliphatic hydroxyl groups is 1. The molecule has 276 valence electrons. The number of fused-ring (bicyclic) bond motifs is 2. The molecule has 4 aromatic rings. The van der Waals surface area contributed by atoms with Crippen LogP contribution in [-0.4, -0.2) is 66.5 Å². The van der Waals surface area contributed by atoms with E-state index in [9.17, 15) is 14.7 Å². The Labute approximate surface area is 314 Å². The Morgan fingerprint density at radius 3 is 1.73 bits per heavy atom. The lowest BCUT2D eigenvalue weighted by molar-refractivity contribution is 0.0213. The molecule has 0 atom stereocenters. The van der Waals surface area contributed by atoms with Crippen molar-refractivity contribution in [2.75, 3.05) is 13.1 Å². The van der Waals surface area contributed by atoms with Gasteiger partial charge in [-0.05, 0) is 121 Å². The van der Waals surface area contributed by atoms with Crippen LogP contribution in [0.3, 0.4) is 0 Å². The molecule has 2 N–H and O–H groups in total. The number of hydrogen-bond acceptors (Lipinski definition) is 11. The van der Waals surface area contributed by atoms with Crippen LogP contribution < -0.4 is 4.74 Å². The third-order valence-electron chi connectivity index (χ3n) is 7.41. The molecule has 0 fully saturated rings. The molecule has 2 aromatic carbocycles. The Balaban J connectivity index is 0.000000197. The molecular weight excluding hydrogens is 792 g/mol. The summed E-state index contributed by atoms with van der Waals surface area (Å²) in [4.78, 5) is 35.1. The Hall–Kier alpha value is -4.08. The van der Waals surface area contributed by atoms with Gasteiger partial charge in [-0.25, -0.2) is 19.6 Å². The summed E-state index contributed by atoms with van der Waals surface area (Å²) in [6.07, 6.45) is 6.66. The van der Waals surface area contributed by atoms with Crippen LogP contribution in [0.5, 0.6) is 11.5 Å². The molecule has 2 aliphatic heterocycles. The first-order valence-electron chi connectivity index (χ1n) is 16.3. The monoisotopic (exact) mass is 834 g/mol. The minimum atomic E-state index is -0.490. The number of aromatic nitrogens is 2. The fourth-order valence-electron chi connectivity index (χ4n) is 5.05. The molecule has 15 heteroatoms. The minimum absolute atomic E-state index is 0.0694. The van der Waals surface area contributed by atoms with Crippen molar-refractivity contribution in [1.29, 1.82) is 0 Å². The van der Waals surface area contributed by atoms with E-state index in [1.807, 2.05) is 59.7 Å². The number of oxazole rings is 2. The summed E-state index contributed by atoms with van der Waals surface area (Å²) >= 11 is 7.02. The topological polar surface area (TPSA) is 161 Å². The van der Waals surface area contributed by atoms with Crippen molar-refractivity contribution in [2.24, 2.45) is 0 Å². The number of rotatable bonds is 4. The van der Waals surface area contributed by atoms with Crippen LogP contribution in [-0.2, 0) is 48.6 Å². The molecule has 2 aliphatic rings. The highest BCUT2D eigenvalue weighted by atomic mass is 79.9. The highest BCUT2D eigenvalue weighted by Gasteiger charge is 2.28. The first-order chi connectivity index (χ1) is 24.0. The van der Waals surface area contributed by atoms with Crippen LogP contribution in [0.15, 0.2) is 67.2 Å². The number of carbonyl (C=O) groups is 2. The maximum Gasteiger partial charge on any atom is 0.410 e. The smallest absolute Gasteiger partial charge is 0.410 e. The SMILES string of the molecule is CC(C)(C)OC(=O)N1CCc2c(ccc(O)c2Br)C1.CC(C)(C)OC(=O)N1CCc2c(ccc(OCc3cnco3)c2Br)C1.OCc1cnco1. The summed E-state index contributed by atoms with van der Waals surface area (Å²) in [5, 5.41) is 17.9. The van der Waals surface area contributed by atoms with Crippen molar-refractivity contribution in [3.8, 4) is 11.5 Å². The molecule has 0 unspecified atom stereocenters. The summed E-state index contributed by atoms with van der Waals surface area (Å²) in [6.45, 7) is 13.7. The first kappa shape index (κ1) is 39.7. The number of amides is 2. The van der Waals surface area contributed by atoms with Gasteiger partial charge in [-0.1, -0.05) is 12.1 Å². The molecule has 13 nitrogen and oxygen atoms in total. The molecule has 0 bridgehead atoms. The van der Waals surface area contributed by atoms with Crippen LogP contribution >= 0.6 is 31.9 Å².